The fraction of sp³-hybridized carbons (Fsp3) is 0.133. The lowest BCUT2D eigenvalue weighted by molar-refractivity contribution is 0.192. The third-order valence-electron chi connectivity index (χ3n) is 2.68. The van der Waals surface area contributed by atoms with E-state index in [0.717, 1.165) is 17.5 Å². The maximum Gasteiger partial charge on any atom is 0.455 e. The van der Waals surface area contributed by atoms with Crippen molar-refractivity contribution in [3.05, 3.63) is 71.8 Å². The molecular weight excluding hydrogens is 287 g/mol. The minimum Gasteiger partial charge on any atom is -0.390 e. The highest BCUT2D eigenvalue weighted by atomic mass is 31.2. The van der Waals surface area contributed by atoms with Crippen molar-refractivity contribution < 1.29 is 13.6 Å². The summed E-state index contributed by atoms with van der Waals surface area (Å²) >= 11 is 0. The smallest absolute Gasteiger partial charge is 0.390 e. The highest BCUT2D eigenvalue weighted by molar-refractivity contribution is 7.52. The van der Waals surface area contributed by atoms with Crippen LogP contribution < -0.4 is 5.73 Å². The van der Waals surface area contributed by atoms with E-state index >= 15 is 0 Å². The van der Waals surface area contributed by atoms with E-state index in [1.54, 1.807) is 0 Å². The summed E-state index contributed by atoms with van der Waals surface area (Å²) in [6.45, 7) is 0.286. The summed E-state index contributed by atoms with van der Waals surface area (Å²) in [4.78, 5) is 0. The van der Waals surface area contributed by atoms with E-state index in [1.807, 2.05) is 60.7 Å². The number of hydrogen-bond donors (Lipinski definition) is 1. The number of benzene rings is 2. The van der Waals surface area contributed by atoms with Crippen LogP contribution in [0.3, 0.4) is 0 Å². The molecule has 0 aromatic heterocycles. The van der Waals surface area contributed by atoms with Crippen LogP contribution in [0.5, 0.6) is 0 Å². The van der Waals surface area contributed by atoms with E-state index < -0.39 is 7.75 Å². The summed E-state index contributed by atoms with van der Waals surface area (Å²) in [5, 5.41) is 0. The maximum absolute atomic E-state index is 12.4. The van der Waals surface area contributed by atoms with Gasteiger partial charge in [-0.25, -0.2) is 4.57 Å². The van der Waals surface area contributed by atoms with Crippen molar-refractivity contribution in [2.24, 2.45) is 10.5 Å². The van der Waals surface area contributed by atoms with Gasteiger partial charge in [0.15, 0.2) is 0 Å². The molecule has 6 heteroatoms. The molecule has 0 unspecified atom stereocenters. The zero-order valence-electron chi connectivity index (χ0n) is 11.5. The molecule has 0 saturated heterocycles. The maximum atomic E-state index is 12.4. The molecule has 21 heavy (non-hydrogen) atoms. The molecule has 2 rings (SSSR count). The van der Waals surface area contributed by atoms with Crippen molar-refractivity contribution >= 4 is 14.1 Å². The third kappa shape index (κ3) is 5.16. The topological polar surface area (TPSA) is 73.9 Å². The second kappa shape index (κ2) is 7.74. The minimum absolute atomic E-state index is 0.143. The van der Waals surface area contributed by atoms with Crippen LogP contribution in [0, 0.1) is 0 Å². The fourth-order valence-corrected chi connectivity index (χ4v) is 2.64. The third-order valence-corrected chi connectivity index (χ3v) is 4.01. The van der Waals surface area contributed by atoms with Gasteiger partial charge in [0, 0.05) is 0 Å². The first kappa shape index (κ1) is 15.4. The predicted molar refractivity (Wildman–Crippen MR) is 82.7 cm³/mol. The van der Waals surface area contributed by atoms with E-state index in [9.17, 15) is 4.57 Å². The Morgan fingerprint density at radius 3 is 1.71 bits per heavy atom. The predicted octanol–water partition coefficient (Wildman–Crippen LogP) is 3.52. The van der Waals surface area contributed by atoms with Gasteiger partial charge in [0.05, 0.1) is 19.6 Å². The van der Waals surface area contributed by atoms with Crippen molar-refractivity contribution in [3.63, 3.8) is 0 Å². The summed E-state index contributed by atoms with van der Waals surface area (Å²) in [7, 11) is -3.61. The molecule has 0 aliphatic rings. The Hall–Kier alpha value is -1.94. The average Bonchev–Trinajstić information content (AvgIpc) is 2.54. The lowest BCUT2D eigenvalue weighted by Gasteiger charge is -2.13. The van der Waals surface area contributed by atoms with Crippen molar-refractivity contribution in [1.82, 2.24) is 0 Å². The molecule has 0 aliphatic heterocycles. The SMILES string of the molecule is N/C=N\P(=O)(OCc1ccccc1)OCc1ccccc1. The van der Waals surface area contributed by atoms with Crippen molar-refractivity contribution in [3.8, 4) is 0 Å². The zero-order valence-corrected chi connectivity index (χ0v) is 12.4. The Morgan fingerprint density at radius 1 is 0.905 bits per heavy atom. The molecule has 2 N–H and O–H groups in total. The van der Waals surface area contributed by atoms with Crippen LogP contribution in [0.15, 0.2) is 65.4 Å². The van der Waals surface area contributed by atoms with Crippen LogP contribution in [0.2, 0.25) is 0 Å². The van der Waals surface area contributed by atoms with Crippen LogP contribution in [0.4, 0.5) is 0 Å². The van der Waals surface area contributed by atoms with Crippen LogP contribution in [0.25, 0.3) is 0 Å². The van der Waals surface area contributed by atoms with E-state index in [2.05, 4.69) is 4.76 Å². The quantitative estimate of drug-likeness (QED) is 0.482. The van der Waals surface area contributed by atoms with Crippen molar-refractivity contribution in [2.75, 3.05) is 0 Å². The van der Waals surface area contributed by atoms with E-state index in [0.29, 0.717) is 0 Å². The van der Waals surface area contributed by atoms with Gasteiger partial charge >= 0.3 is 7.75 Å². The van der Waals surface area contributed by atoms with Gasteiger partial charge in [-0.15, -0.1) is 0 Å². The molecule has 0 aliphatic carbocycles. The van der Waals surface area contributed by atoms with Gasteiger partial charge in [0.25, 0.3) is 0 Å². The summed E-state index contributed by atoms with van der Waals surface area (Å²) in [6.07, 6.45) is 0.941. The van der Waals surface area contributed by atoms with Gasteiger partial charge in [-0.1, -0.05) is 60.7 Å². The Labute approximate surface area is 124 Å². The molecule has 0 spiro atoms. The number of nitrogens with zero attached hydrogens (tertiary/aromatic N) is 1. The standard InChI is InChI=1S/C15H17N2O3P/c16-13-17-21(18,19-11-14-7-3-1-4-8-14)20-12-15-9-5-2-6-10-15/h1-10,13H,11-12H2,(H2,16,17,18). The molecule has 0 bridgehead atoms. The molecule has 0 radical (unpaired) electrons. The summed E-state index contributed by atoms with van der Waals surface area (Å²) in [5.41, 5.74) is 6.99. The van der Waals surface area contributed by atoms with Crippen LogP contribution in [0.1, 0.15) is 11.1 Å². The van der Waals surface area contributed by atoms with Gasteiger partial charge in [-0.2, -0.15) is 4.76 Å². The minimum atomic E-state index is -3.61. The first-order valence-corrected chi connectivity index (χ1v) is 7.94. The molecule has 0 fully saturated rings. The van der Waals surface area contributed by atoms with Crippen LogP contribution in [-0.4, -0.2) is 6.34 Å². The van der Waals surface area contributed by atoms with Gasteiger partial charge in [0.1, 0.15) is 0 Å². The summed E-state index contributed by atoms with van der Waals surface area (Å²) < 4.78 is 26.8. The molecule has 0 heterocycles. The molecule has 5 nitrogen and oxygen atoms in total. The molecule has 110 valence electrons. The lowest BCUT2D eigenvalue weighted by Crippen LogP contribution is -1.98. The highest BCUT2D eigenvalue weighted by Gasteiger charge is 2.23. The summed E-state index contributed by atoms with van der Waals surface area (Å²) in [5.74, 6) is 0. The Bertz CT molecular complexity index is 570. The van der Waals surface area contributed by atoms with E-state index in [1.165, 1.54) is 0 Å². The number of rotatable bonds is 7. The Kier molecular flexibility index (Phi) is 5.69. The molecule has 0 atom stereocenters. The van der Waals surface area contributed by atoms with E-state index in [4.69, 9.17) is 14.8 Å². The normalized spacial score (nSPS) is 11.8. The van der Waals surface area contributed by atoms with Gasteiger partial charge in [0.2, 0.25) is 0 Å². The summed E-state index contributed by atoms with van der Waals surface area (Å²) in [6, 6.07) is 18.8. The van der Waals surface area contributed by atoms with Crippen LogP contribution >= 0.6 is 7.75 Å². The number of nitrogens with two attached hydrogens (primary N) is 1. The van der Waals surface area contributed by atoms with Gasteiger partial charge < -0.3 is 5.73 Å². The molecule has 2 aromatic rings. The molecule has 0 amide bonds. The second-order valence-electron chi connectivity index (χ2n) is 4.25. The van der Waals surface area contributed by atoms with Crippen molar-refractivity contribution in [2.45, 2.75) is 13.2 Å². The Morgan fingerprint density at radius 2 is 1.33 bits per heavy atom. The molecular formula is C15H17N2O3P. The zero-order chi connectivity index (χ0) is 15.0. The average molecular weight is 304 g/mol. The first-order chi connectivity index (χ1) is 10.2. The second-order valence-corrected chi connectivity index (χ2v) is 5.94. The van der Waals surface area contributed by atoms with Crippen LogP contribution in [-0.2, 0) is 26.8 Å². The van der Waals surface area contributed by atoms with Gasteiger partial charge in [-0.05, 0) is 11.1 Å². The monoisotopic (exact) mass is 304 g/mol. The molecule has 0 saturated carbocycles. The number of hydrogen-bond acceptors (Lipinski definition) is 3. The fourth-order valence-electron chi connectivity index (χ4n) is 1.65. The lowest BCUT2D eigenvalue weighted by atomic mass is 10.2. The van der Waals surface area contributed by atoms with Crippen molar-refractivity contribution in [1.29, 1.82) is 0 Å². The first-order valence-electron chi connectivity index (χ1n) is 6.45. The molecule has 2 aromatic carbocycles. The Balaban J connectivity index is 1.97. The highest BCUT2D eigenvalue weighted by Crippen LogP contribution is 2.50. The van der Waals surface area contributed by atoms with E-state index in [-0.39, 0.29) is 13.2 Å². The van der Waals surface area contributed by atoms with Gasteiger partial charge in [-0.3, -0.25) is 9.05 Å². The largest absolute Gasteiger partial charge is 0.455 e.